The molecule has 2 aliphatic rings. The molecule has 182 valence electrons. The number of carbonyl (C=O) groups excluding carboxylic acids is 2. The Morgan fingerprint density at radius 1 is 0.914 bits per heavy atom. The summed E-state index contributed by atoms with van der Waals surface area (Å²) >= 11 is 1.05. The maximum Gasteiger partial charge on any atom is 0.322 e. The summed E-state index contributed by atoms with van der Waals surface area (Å²) in [7, 11) is 0. The van der Waals surface area contributed by atoms with Gasteiger partial charge >= 0.3 is 6.03 Å². The average molecular weight is 492 g/mol. The van der Waals surface area contributed by atoms with Crippen LogP contribution < -0.4 is 10.2 Å². The highest BCUT2D eigenvalue weighted by atomic mass is 32.1. The van der Waals surface area contributed by atoms with Gasteiger partial charge in [0.15, 0.2) is 10.7 Å². The highest BCUT2D eigenvalue weighted by Gasteiger charge is 2.29. The number of carbonyl (C=O) groups is 2. The second kappa shape index (κ2) is 10.8. The largest absolute Gasteiger partial charge is 0.353 e. The third kappa shape index (κ3) is 5.59. The third-order valence-corrected chi connectivity index (χ3v) is 7.36. The van der Waals surface area contributed by atoms with Gasteiger partial charge in [-0.3, -0.25) is 10.1 Å². The molecule has 2 fully saturated rings. The SMILES string of the molecule is O=C(Nc1snnc1C(=O)N1CCC(Cc2ccccc2)CC1)N1CCN(c2ccccn2)CC1. The van der Waals surface area contributed by atoms with Crippen molar-refractivity contribution in [2.45, 2.75) is 19.3 Å². The van der Waals surface area contributed by atoms with Crippen LogP contribution in [0.5, 0.6) is 0 Å². The Bertz CT molecular complexity index is 1120. The predicted molar refractivity (Wildman–Crippen MR) is 136 cm³/mol. The molecular weight excluding hydrogens is 462 g/mol. The number of benzene rings is 1. The predicted octanol–water partition coefficient (Wildman–Crippen LogP) is 3.38. The maximum absolute atomic E-state index is 13.2. The van der Waals surface area contributed by atoms with Gasteiger partial charge in [0.1, 0.15) is 5.82 Å². The van der Waals surface area contributed by atoms with Crippen LogP contribution in [0, 0.1) is 5.92 Å². The van der Waals surface area contributed by atoms with Crippen molar-refractivity contribution in [2.24, 2.45) is 5.92 Å². The van der Waals surface area contributed by atoms with E-state index in [0.29, 0.717) is 50.2 Å². The number of anilines is 2. The summed E-state index contributed by atoms with van der Waals surface area (Å²) in [6.45, 7) is 3.94. The first-order valence-corrected chi connectivity index (χ1v) is 12.8. The number of nitrogens with zero attached hydrogens (tertiary/aromatic N) is 6. The molecule has 9 nitrogen and oxygen atoms in total. The lowest BCUT2D eigenvalue weighted by Gasteiger charge is -2.35. The van der Waals surface area contributed by atoms with Gasteiger partial charge in [-0.2, -0.15) is 0 Å². The van der Waals surface area contributed by atoms with E-state index in [2.05, 4.69) is 49.1 Å². The van der Waals surface area contributed by atoms with Crippen LogP contribution in [0.15, 0.2) is 54.7 Å². The van der Waals surface area contributed by atoms with Crippen LogP contribution in [0.4, 0.5) is 15.6 Å². The molecule has 5 rings (SSSR count). The quantitative estimate of drug-likeness (QED) is 0.588. The van der Waals surface area contributed by atoms with Crippen molar-refractivity contribution in [2.75, 3.05) is 49.5 Å². The lowest BCUT2D eigenvalue weighted by molar-refractivity contribution is 0.0685. The van der Waals surface area contributed by atoms with Crippen molar-refractivity contribution in [1.82, 2.24) is 24.4 Å². The van der Waals surface area contributed by atoms with Crippen LogP contribution in [-0.4, -0.2) is 75.6 Å². The van der Waals surface area contributed by atoms with Crippen LogP contribution >= 0.6 is 11.5 Å². The summed E-state index contributed by atoms with van der Waals surface area (Å²) < 4.78 is 3.95. The van der Waals surface area contributed by atoms with E-state index >= 15 is 0 Å². The Balaban J connectivity index is 1.13. The van der Waals surface area contributed by atoms with Crippen molar-refractivity contribution < 1.29 is 9.59 Å². The molecule has 1 aromatic carbocycles. The van der Waals surface area contributed by atoms with Gasteiger partial charge in [0.2, 0.25) is 0 Å². The highest BCUT2D eigenvalue weighted by molar-refractivity contribution is 7.10. The molecule has 3 amide bonds. The highest BCUT2D eigenvalue weighted by Crippen LogP contribution is 2.26. The van der Waals surface area contributed by atoms with E-state index in [0.717, 1.165) is 36.6 Å². The number of amides is 3. The summed E-state index contributed by atoms with van der Waals surface area (Å²) in [4.78, 5) is 36.2. The Labute approximate surface area is 208 Å². The van der Waals surface area contributed by atoms with Crippen LogP contribution in [0.25, 0.3) is 0 Å². The van der Waals surface area contributed by atoms with Crippen molar-refractivity contribution in [3.8, 4) is 0 Å². The second-order valence-corrected chi connectivity index (χ2v) is 9.72. The van der Waals surface area contributed by atoms with E-state index in [4.69, 9.17) is 0 Å². The van der Waals surface area contributed by atoms with Gasteiger partial charge in [-0.1, -0.05) is 40.9 Å². The summed E-state index contributed by atoms with van der Waals surface area (Å²) in [5.41, 5.74) is 1.57. The zero-order valence-corrected chi connectivity index (χ0v) is 20.4. The Morgan fingerprint density at radius 2 is 1.66 bits per heavy atom. The number of likely N-dealkylation sites (tertiary alicyclic amines) is 1. The molecule has 2 aromatic heterocycles. The van der Waals surface area contributed by atoms with E-state index in [9.17, 15) is 9.59 Å². The zero-order chi connectivity index (χ0) is 24.0. The van der Waals surface area contributed by atoms with Crippen LogP contribution in [0.1, 0.15) is 28.9 Å². The lowest BCUT2D eigenvalue weighted by atomic mass is 9.90. The molecule has 0 bridgehead atoms. The number of pyridine rings is 1. The Hall–Kier alpha value is -3.53. The molecule has 0 spiro atoms. The molecule has 1 N–H and O–H groups in total. The topological polar surface area (TPSA) is 94.6 Å². The van der Waals surface area contributed by atoms with E-state index in [1.165, 1.54) is 5.56 Å². The molecular formula is C25H29N7O2S. The fraction of sp³-hybridized carbons (Fsp3) is 0.400. The summed E-state index contributed by atoms with van der Waals surface area (Å²) in [6.07, 6.45) is 4.73. The normalized spacial score (nSPS) is 16.9. The van der Waals surface area contributed by atoms with Gasteiger partial charge in [-0.15, -0.1) is 5.10 Å². The molecule has 4 heterocycles. The first-order valence-electron chi connectivity index (χ1n) is 12.0. The molecule has 0 atom stereocenters. The van der Waals surface area contributed by atoms with Crippen molar-refractivity contribution >= 4 is 34.3 Å². The molecule has 0 aliphatic carbocycles. The zero-order valence-electron chi connectivity index (χ0n) is 19.5. The average Bonchev–Trinajstić information content (AvgIpc) is 3.38. The molecule has 2 saturated heterocycles. The standard InChI is InChI=1S/C25H29N7O2S/c33-24(31-12-9-20(10-13-31)18-19-6-2-1-3-7-19)22-23(35-29-28-22)27-25(34)32-16-14-30(15-17-32)21-8-4-5-11-26-21/h1-8,11,20H,9-10,12-18H2,(H,27,34). The minimum absolute atomic E-state index is 0.160. The number of hydrogen-bond acceptors (Lipinski definition) is 7. The van der Waals surface area contributed by atoms with Gasteiger partial charge < -0.3 is 14.7 Å². The molecule has 2 aliphatic heterocycles. The smallest absolute Gasteiger partial charge is 0.322 e. The van der Waals surface area contributed by atoms with Gasteiger partial charge in [0.25, 0.3) is 5.91 Å². The summed E-state index contributed by atoms with van der Waals surface area (Å²) in [5.74, 6) is 1.32. The maximum atomic E-state index is 13.2. The van der Waals surface area contributed by atoms with E-state index < -0.39 is 0 Å². The lowest BCUT2D eigenvalue weighted by Crippen LogP contribution is -2.50. The van der Waals surface area contributed by atoms with Crippen molar-refractivity contribution in [1.29, 1.82) is 0 Å². The molecule has 0 saturated carbocycles. The van der Waals surface area contributed by atoms with Gasteiger partial charge in [-0.25, -0.2) is 9.78 Å². The number of nitrogens with one attached hydrogen (secondary N) is 1. The monoisotopic (exact) mass is 491 g/mol. The minimum atomic E-state index is -0.229. The van der Waals surface area contributed by atoms with Crippen LogP contribution in [0.2, 0.25) is 0 Å². The first kappa shape index (κ1) is 23.2. The summed E-state index contributed by atoms with van der Waals surface area (Å²) in [6, 6.07) is 16.1. The second-order valence-electron chi connectivity index (χ2n) is 8.97. The Kier molecular flexibility index (Phi) is 7.17. The fourth-order valence-corrected chi connectivity index (χ4v) is 5.26. The molecule has 0 radical (unpaired) electrons. The number of aromatic nitrogens is 3. The van der Waals surface area contributed by atoms with E-state index in [1.807, 2.05) is 29.2 Å². The first-order chi connectivity index (χ1) is 17.2. The van der Waals surface area contributed by atoms with Crippen LogP contribution in [0.3, 0.4) is 0 Å². The number of piperazine rings is 1. The minimum Gasteiger partial charge on any atom is -0.353 e. The van der Waals surface area contributed by atoms with Gasteiger partial charge in [-0.05, 0) is 42.9 Å². The Morgan fingerprint density at radius 3 is 2.37 bits per heavy atom. The van der Waals surface area contributed by atoms with Crippen molar-refractivity contribution in [3.63, 3.8) is 0 Å². The van der Waals surface area contributed by atoms with Gasteiger partial charge in [0.05, 0.1) is 0 Å². The molecule has 3 aromatic rings. The van der Waals surface area contributed by atoms with Crippen LogP contribution in [-0.2, 0) is 6.42 Å². The number of rotatable bonds is 5. The van der Waals surface area contributed by atoms with E-state index in [-0.39, 0.29) is 17.6 Å². The number of urea groups is 1. The van der Waals surface area contributed by atoms with Crippen molar-refractivity contribution in [3.05, 3.63) is 66.0 Å². The van der Waals surface area contributed by atoms with E-state index in [1.54, 1.807) is 11.1 Å². The summed E-state index contributed by atoms with van der Waals surface area (Å²) in [5, 5.41) is 7.35. The molecule has 35 heavy (non-hydrogen) atoms. The van der Waals surface area contributed by atoms with Gasteiger partial charge in [0, 0.05) is 57.0 Å². The fourth-order valence-electron chi connectivity index (χ4n) is 4.71. The number of piperidine rings is 1. The molecule has 10 heteroatoms. The number of hydrogen-bond donors (Lipinski definition) is 1. The third-order valence-electron chi connectivity index (χ3n) is 6.72. The molecule has 0 unspecified atom stereocenters.